The number of thioether (sulfide) groups is 1. The lowest BCUT2D eigenvalue weighted by Crippen LogP contribution is -2.30. The molecular formula is C11H17NO2S. The average molecular weight is 227 g/mol. The summed E-state index contributed by atoms with van der Waals surface area (Å²) in [5.74, 6) is 0.960. The largest absolute Gasteiger partial charge is 0.394 e. The van der Waals surface area contributed by atoms with Crippen LogP contribution in [0.4, 0.5) is 0 Å². The lowest BCUT2D eigenvalue weighted by atomic mass is 10.4. The predicted molar refractivity (Wildman–Crippen MR) is 63.1 cm³/mol. The summed E-state index contributed by atoms with van der Waals surface area (Å²) in [7, 11) is 0. The van der Waals surface area contributed by atoms with Crippen molar-refractivity contribution in [2.24, 2.45) is 0 Å². The summed E-state index contributed by atoms with van der Waals surface area (Å²) in [6.45, 7) is 1.10. The summed E-state index contributed by atoms with van der Waals surface area (Å²) in [6.07, 6.45) is -0.647. The van der Waals surface area contributed by atoms with E-state index in [1.807, 2.05) is 18.2 Å². The molecule has 84 valence electrons. The summed E-state index contributed by atoms with van der Waals surface area (Å²) in [6, 6.07) is 10.2. The van der Waals surface area contributed by atoms with Gasteiger partial charge in [-0.15, -0.1) is 11.8 Å². The third-order valence-corrected chi connectivity index (χ3v) is 2.90. The van der Waals surface area contributed by atoms with Gasteiger partial charge in [0.15, 0.2) is 0 Å². The Hall–Kier alpha value is -0.550. The quantitative estimate of drug-likeness (QED) is 0.474. The Kier molecular flexibility index (Phi) is 6.43. The van der Waals surface area contributed by atoms with E-state index in [0.717, 1.165) is 12.3 Å². The summed E-state index contributed by atoms with van der Waals surface area (Å²) in [5.41, 5.74) is 0. The van der Waals surface area contributed by atoms with Gasteiger partial charge in [0, 0.05) is 23.7 Å². The summed E-state index contributed by atoms with van der Waals surface area (Å²) in [5, 5.41) is 20.7. The van der Waals surface area contributed by atoms with E-state index in [1.54, 1.807) is 11.8 Å². The van der Waals surface area contributed by atoms with Crippen LogP contribution in [0.1, 0.15) is 0 Å². The standard InChI is InChI=1S/C11H17NO2S/c13-9-10(14)8-12-6-7-15-11-4-2-1-3-5-11/h1-5,10,12-14H,6-9H2. The molecule has 0 fully saturated rings. The van der Waals surface area contributed by atoms with Gasteiger partial charge in [0.1, 0.15) is 0 Å². The molecule has 4 heteroatoms. The second-order valence-corrected chi connectivity index (χ2v) is 4.37. The van der Waals surface area contributed by atoms with Gasteiger partial charge in [0.05, 0.1) is 12.7 Å². The maximum absolute atomic E-state index is 9.05. The van der Waals surface area contributed by atoms with Crippen LogP contribution in [-0.4, -0.2) is 41.8 Å². The smallest absolute Gasteiger partial charge is 0.0894 e. The van der Waals surface area contributed by atoms with Crippen LogP contribution < -0.4 is 5.32 Å². The number of hydrogen-bond acceptors (Lipinski definition) is 4. The van der Waals surface area contributed by atoms with E-state index < -0.39 is 6.10 Å². The van der Waals surface area contributed by atoms with Gasteiger partial charge >= 0.3 is 0 Å². The fraction of sp³-hybridized carbons (Fsp3) is 0.455. The maximum Gasteiger partial charge on any atom is 0.0894 e. The van der Waals surface area contributed by atoms with Crippen LogP contribution in [0.15, 0.2) is 35.2 Å². The van der Waals surface area contributed by atoms with Gasteiger partial charge in [0.25, 0.3) is 0 Å². The zero-order chi connectivity index (χ0) is 10.9. The first-order chi connectivity index (χ1) is 7.33. The SMILES string of the molecule is OCC(O)CNCCSc1ccccc1. The minimum atomic E-state index is -0.647. The molecule has 1 atom stereocenters. The van der Waals surface area contributed by atoms with E-state index in [0.29, 0.717) is 6.54 Å². The summed E-state index contributed by atoms with van der Waals surface area (Å²) in [4.78, 5) is 1.25. The molecule has 0 amide bonds. The molecule has 1 aromatic carbocycles. The monoisotopic (exact) mass is 227 g/mol. The number of rotatable bonds is 7. The van der Waals surface area contributed by atoms with Crippen LogP contribution in [0, 0.1) is 0 Å². The molecule has 15 heavy (non-hydrogen) atoms. The van der Waals surface area contributed by atoms with Gasteiger partial charge < -0.3 is 15.5 Å². The van der Waals surface area contributed by atoms with Crippen LogP contribution in [0.2, 0.25) is 0 Å². The summed E-state index contributed by atoms with van der Waals surface area (Å²) >= 11 is 1.77. The van der Waals surface area contributed by atoms with Crippen molar-refractivity contribution in [1.82, 2.24) is 5.32 Å². The molecule has 3 nitrogen and oxygen atoms in total. The molecule has 0 saturated carbocycles. The van der Waals surface area contributed by atoms with Crippen molar-refractivity contribution in [2.45, 2.75) is 11.0 Å². The number of nitrogens with one attached hydrogen (secondary N) is 1. The Labute approximate surface area is 94.5 Å². The first-order valence-electron chi connectivity index (χ1n) is 5.00. The van der Waals surface area contributed by atoms with Crippen molar-refractivity contribution in [3.05, 3.63) is 30.3 Å². The van der Waals surface area contributed by atoms with Crippen LogP contribution in [-0.2, 0) is 0 Å². The van der Waals surface area contributed by atoms with E-state index in [1.165, 1.54) is 4.90 Å². The number of benzene rings is 1. The molecule has 3 N–H and O–H groups in total. The van der Waals surface area contributed by atoms with Crippen molar-refractivity contribution in [1.29, 1.82) is 0 Å². The molecule has 1 aromatic rings. The lowest BCUT2D eigenvalue weighted by molar-refractivity contribution is 0.0950. The van der Waals surface area contributed by atoms with E-state index >= 15 is 0 Å². The van der Waals surface area contributed by atoms with Crippen molar-refractivity contribution < 1.29 is 10.2 Å². The van der Waals surface area contributed by atoms with E-state index in [-0.39, 0.29) is 6.61 Å². The Balaban J connectivity index is 2.03. The zero-order valence-electron chi connectivity index (χ0n) is 8.60. The molecule has 0 aliphatic heterocycles. The molecule has 0 heterocycles. The van der Waals surface area contributed by atoms with E-state index in [4.69, 9.17) is 10.2 Å². The number of aliphatic hydroxyl groups excluding tert-OH is 2. The minimum Gasteiger partial charge on any atom is -0.394 e. The molecular weight excluding hydrogens is 210 g/mol. The molecule has 0 saturated heterocycles. The topological polar surface area (TPSA) is 52.5 Å². The van der Waals surface area contributed by atoms with E-state index in [2.05, 4.69) is 17.4 Å². The van der Waals surface area contributed by atoms with Crippen LogP contribution in [0.25, 0.3) is 0 Å². The Bertz CT molecular complexity index is 256. The first kappa shape index (κ1) is 12.5. The van der Waals surface area contributed by atoms with Gasteiger partial charge in [-0.05, 0) is 12.1 Å². The van der Waals surface area contributed by atoms with Crippen LogP contribution in [0.5, 0.6) is 0 Å². The highest BCUT2D eigenvalue weighted by Gasteiger charge is 1.99. The molecule has 0 radical (unpaired) electrons. The third kappa shape index (κ3) is 5.79. The third-order valence-electron chi connectivity index (χ3n) is 1.88. The van der Waals surface area contributed by atoms with Crippen molar-refractivity contribution in [2.75, 3.05) is 25.4 Å². The Morgan fingerprint density at radius 2 is 2.00 bits per heavy atom. The maximum atomic E-state index is 9.05. The fourth-order valence-corrected chi connectivity index (χ4v) is 1.92. The highest BCUT2D eigenvalue weighted by molar-refractivity contribution is 7.99. The number of hydrogen-bond donors (Lipinski definition) is 3. The Morgan fingerprint density at radius 1 is 1.27 bits per heavy atom. The van der Waals surface area contributed by atoms with Gasteiger partial charge in [-0.3, -0.25) is 0 Å². The van der Waals surface area contributed by atoms with Crippen LogP contribution >= 0.6 is 11.8 Å². The molecule has 1 unspecified atom stereocenters. The second-order valence-electron chi connectivity index (χ2n) is 3.20. The van der Waals surface area contributed by atoms with E-state index in [9.17, 15) is 0 Å². The first-order valence-corrected chi connectivity index (χ1v) is 5.99. The zero-order valence-corrected chi connectivity index (χ0v) is 9.41. The summed E-state index contributed by atoms with van der Waals surface area (Å²) < 4.78 is 0. The molecule has 0 aromatic heterocycles. The van der Waals surface area contributed by atoms with Gasteiger partial charge in [-0.25, -0.2) is 0 Å². The predicted octanol–water partition coefficient (Wildman–Crippen LogP) is 0.722. The van der Waals surface area contributed by atoms with Gasteiger partial charge in [0.2, 0.25) is 0 Å². The minimum absolute atomic E-state index is 0.182. The van der Waals surface area contributed by atoms with Crippen molar-refractivity contribution in [3.63, 3.8) is 0 Å². The highest BCUT2D eigenvalue weighted by Crippen LogP contribution is 2.15. The number of aliphatic hydroxyl groups is 2. The van der Waals surface area contributed by atoms with Crippen LogP contribution in [0.3, 0.4) is 0 Å². The molecule has 0 bridgehead atoms. The van der Waals surface area contributed by atoms with Crippen molar-refractivity contribution in [3.8, 4) is 0 Å². The average Bonchev–Trinajstić information content (AvgIpc) is 2.29. The fourth-order valence-electron chi connectivity index (χ4n) is 1.09. The highest BCUT2D eigenvalue weighted by atomic mass is 32.2. The Morgan fingerprint density at radius 3 is 2.67 bits per heavy atom. The van der Waals surface area contributed by atoms with Crippen molar-refractivity contribution >= 4 is 11.8 Å². The van der Waals surface area contributed by atoms with Gasteiger partial charge in [-0.1, -0.05) is 18.2 Å². The molecule has 0 spiro atoms. The normalized spacial score (nSPS) is 12.7. The molecule has 1 rings (SSSR count). The molecule has 0 aliphatic carbocycles. The molecule has 0 aliphatic rings. The lowest BCUT2D eigenvalue weighted by Gasteiger charge is -2.08. The second kappa shape index (κ2) is 7.70. The van der Waals surface area contributed by atoms with Gasteiger partial charge in [-0.2, -0.15) is 0 Å².